The summed E-state index contributed by atoms with van der Waals surface area (Å²) in [6.45, 7) is 0. The molecule has 2 aromatic heterocycles. The molecule has 13 rings (SSSR count). The minimum absolute atomic E-state index is 1.16. The Morgan fingerprint density at radius 3 is 1.25 bits per heavy atom. The van der Waals surface area contributed by atoms with Gasteiger partial charge >= 0.3 is 0 Å². The molecule has 0 bridgehead atoms. The van der Waals surface area contributed by atoms with Gasteiger partial charge in [-0.25, -0.2) is 0 Å². The zero-order valence-corrected chi connectivity index (χ0v) is 32.0. The summed E-state index contributed by atoms with van der Waals surface area (Å²) in [5, 5.41) is 11.1. The first-order valence-corrected chi connectivity index (χ1v) is 21.9. The fraction of sp³-hybridized carbons (Fsp3) is 0. The summed E-state index contributed by atoms with van der Waals surface area (Å²) >= 11 is 0. The first-order chi connectivity index (χ1) is 28.3. The van der Waals surface area contributed by atoms with Crippen molar-refractivity contribution in [1.82, 2.24) is 9.13 Å². The van der Waals surface area contributed by atoms with Crippen LogP contribution in [0.5, 0.6) is 0 Å². The van der Waals surface area contributed by atoms with E-state index in [1.807, 2.05) is 0 Å². The highest BCUT2D eigenvalue weighted by molar-refractivity contribution is 7.24. The maximum atomic E-state index is 2.46. The summed E-state index contributed by atoms with van der Waals surface area (Å²) in [5.74, 6) is 0. The van der Waals surface area contributed by atoms with Gasteiger partial charge in [-0.05, 0) is 109 Å². The van der Waals surface area contributed by atoms with Crippen LogP contribution in [0.4, 0.5) is 0 Å². The molecule has 0 aliphatic carbocycles. The van der Waals surface area contributed by atoms with Crippen LogP contribution in [0.3, 0.4) is 0 Å². The van der Waals surface area contributed by atoms with E-state index in [0.29, 0.717) is 0 Å². The van der Waals surface area contributed by atoms with E-state index >= 15 is 0 Å². The topological polar surface area (TPSA) is 9.86 Å². The molecule has 0 unspecified atom stereocenters. The van der Waals surface area contributed by atoms with Crippen LogP contribution in [0, 0.1) is 0 Å². The zero-order valence-electron chi connectivity index (χ0n) is 31.0. The number of aromatic nitrogens is 2. The molecular formula is C54H34N2Si. The van der Waals surface area contributed by atoms with Crippen molar-refractivity contribution in [2.45, 2.75) is 0 Å². The van der Waals surface area contributed by atoms with Crippen molar-refractivity contribution in [1.29, 1.82) is 0 Å². The molecule has 2 aliphatic rings. The highest BCUT2D eigenvalue weighted by Crippen LogP contribution is 2.39. The second kappa shape index (κ2) is 11.4. The predicted octanol–water partition coefficient (Wildman–Crippen LogP) is 10.9. The van der Waals surface area contributed by atoms with Crippen LogP contribution in [-0.4, -0.2) is 17.2 Å². The summed E-state index contributed by atoms with van der Waals surface area (Å²) in [6.07, 6.45) is 0. The van der Waals surface area contributed by atoms with Crippen molar-refractivity contribution >= 4 is 72.4 Å². The SMILES string of the molecule is c1ccc2c(c1)-c1ccccc1[Si]21c2ccccc2-c2cc(-c3ccc(-n4c5ccccc5c5cc(-n6c7ccccc7c7ccccc76)ccc54)cc3)ccc21. The molecule has 0 atom stereocenters. The summed E-state index contributed by atoms with van der Waals surface area (Å²) < 4.78 is 4.84. The third-order valence-corrected chi connectivity index (χ3v) is 17.9. The van der Waals surface area contributed by atoms with Gasteiger partial charge in [0.05, 0.1) is 22.1 Å². The van der Waals surface area contributed by atoms with Crippen molar-refractivity contribution in [3.05, 3.63) is 206 Å². The molecule has 3 heteroatoms. The number of rotatable bonds is 3. The Morgan fingerprint density at radius 2 is 0.667 bits per heavy atom. The standard InChI is InChI=1S/C54H34N2Si/c1-7-19-47-39(13-1)40-14-2-8-20-48(40)56(47)38-30-31-50-45(34-38)41-15-3-9-21-49(41)55(50)37-28-25-35(26-29-37)36-27-32-54-46(33-36)44-18-6-12-24-53(44)57(54)51-22-10-4-16-42(51)43-17-5-11-23-52(43)57/h1-34H. The molecule has 1 spiro atoms. The van der Waals surface area contributed by atoms with Gasteiger partial charge in [0, 0.05) is 32.9 Å². The Morgan fingerprint density at radius 1 is 0.263 bits per heavy atom. The first kappa shape index (κ1) is 31.0. The fourth-order valence-electron chi connectivity index (χ4n) is 10.7. The molecule has 9 aromatic carbocycles. The maximum absolute atomic E-state index is 2.46. The molecule has 4 heterocycles. The van der Waals surface area contributed by atoms with Gasteiger partial charge in [-0.15, -0.1) is 0 Å². The number of hydrogen-bond acceptors (Lipinski definition) is 0. The van der Waals surface area contributed by atoms with Gasteiger partial charge < -0.3 is 9.13 Å². The lowest BCUT2D eigenvalue weighted by Gasteiger charge is -2.27. The van der Waals surface area contributed by atoms with Crippen LogP contribution < -0.4 is 20.7 Å². The number of hydrogen-bond donors (Lipinski definition) is 0. The number of nitrogens with zero attached hydrogens (tertiary/aromatic N) is 2. The largest absolute Gasteiger partial charge is 0.309 e. The first-order valence-electron chi connectivity index (χ1n) is 19.9. The number of para-hydroxylation sites is 3. The summed E-state index contributed by atoms with van der Waals surface area (Å²) in [6, 6.07) is 77.3. The van der Waals surface area contributed by atoms with Crippen molar-refractivity contribution < 1.29 is 0 Å². The van der Waals surface area contributed by atoms with Crippen LogP contribution in [0.15, 0.2) is 206 Å². The molecule has 0 amide bonds. The number of fused-ring (bicyclic) bond motifs is 16. The molecular weight excluding hydrogens is 705 g/mol. The quantitative estimate of drug-likeness (QED) is 0.160. The van der Waals surface area contributed by atoms with Gasteiger partial charge in [0.1, 0.15) is 0 Å². The van der Waals surface area contributed by atoms with Crippen molar-refractivity contribution in [2.24, 2.45) is 0 Å². The van der Waals surface area contributed by atoms with E-state index in [9.17, 15) is 0 Å². The Balaban J connectivity index is 0.939. The third-order valence-electron chi connectivity index (χ3n) is 13.0. The average molecular weight is 739 g/mol. The lowest BCUT2D eigenvalue weighted by Crippen LogP contribution is -2.70. The van der Waals surface area contributed by atoms with E-state index in [1.54, 1.807) is 0 Å². The Bertz CT molecular complexity index is 3370. The smallest absolute Gasteiger partial charge is 0.182 e. The number of benzene rings is 9. The second-order valence-electron chi connectivity index (χ2n) is 15.6. The molecule has 0 saturated heterocycles. The molecule has 0 fully saturated rings. The highest BCUT2D eigenvalue weighted by atomic mass is 28.3. The van der Waals surface area contributed by atoms with Crippen LogP contribution in [-0.2, 0) is 0 Å². The van der Waals surface area contributed by atoms with E-state index in [1.165, 1.54) is 103 Å². The van der Waals surface area contributed by atoms with Gasteiger partial charge in [0.2, 0.25) is 0 Å². The monoisotopic (exact) mass is 738 g/mol. The molecule has 2 aliphatic heterocycles. The summed E-state index contributed by atoms with van der Waals surface area (Å²) in [5.41, 5.74) is 15.2. The summed E-state index contributed by atoms with van der Waals surface area (Å²) in [4.78, 5) is 0. The van der Waals surface area contributed by atoms with E-state index in [0.717, 1.165) is 5.69 Å². The zero-order chi connectivity index (χ0) is 37.2. The summed E-state index contributed by atoms with van der Waals surface area (Å²) in [7, 11) is -2.43. The molecule has 264 valence electrons. The van der Waals surface area contributed by atoms with E-state index in [2.05, 4.69) is 215 Å². The predicted molar refractivity (Wildman–Crippen MR) is 242 cm³/mol. The van der Waals surface area contributed by atoms with Crippen LogP contribution in [0.25, 0.3) is 88.4 Å². The normalized spacial score (nSPS) is 13.4. The van der Waals surface area contributed by atoms with Gasteiger partial charge in [-0.3, -0.25) is 0 Å². The van der Waals surface area contributed by atoms with Crippen LogP contribution in [0.1, 0.15) is 0 Å². The van der Waals surface area contributed by atoms with E-state index in [4.69, 9.17) is 0 Å². The fourth-order valence-corrected chi connectivity index (χ4v) is 16.3. The molecule has 57 heavy (non-hydrogen) atoms. The lowest BCUT2D eigenvalue weighted by molar-refractivity contribution is 1.17. The van der Waals surface area contributed by atoms with Crippen molar-refractivity contribution in [2.75, 3.05) is 0 Å². The maximum Gasteiger partial charge on any atom is 0.182 e. The van der Waals surface area contributed by atoms with Gasteiger partial charge in [0.25, 0.3) is 0 Å². The molecule has 0 saturated carbocycles. The Kier molecular flexibility index (Phi) is 6.22. The van der Waals surface area contributed by atoms with Gasteiger partial charge in [-0.1, -0.05) is 152 Å². The van der Waals surface area contributed by atoms with Crippen molar-refractivity contribution in [3.63, 3.8) is 0 Å². The molecule has 0 N–H and O–H groups in total. The highest BCUT2D eigenvalue weighted by Gasteiger charge is 2.53. The second-order valence-corrected chi connectivity index (χ2v) is 19.3. The van der Waals surface area contributed by atoms with Crippen LogP contribution in [0.2, 0.25) is 0 Å². The lowest BCUT2D eigenvalue weighted by atomic mass is 9.99. The van der Waals surface area contributed by atoms with E-state index < -0.39 is 8.07 Å². The third kappa shape index (κ3) is 4.03. The Hall–Kier alpha value is -7.20. The Labute approximate surface area is 331 Å². The van der Waals surface area contributed by atoms with Crippen molar-refractivity contribution in [3.8, 4) is 44.8 Å². The van der Waals surface area contributed by atoms with Gasteiger partial charge in [0.15, 0.2) is 8.07 Å². The average Bonchev–Trinajstić information content (AvgIpc) is 3.98. The minimum Gasteiger partial charge on any atom is -0.309 e. The minimum atomic E-state index is -2.43. The van der Waals surface area contributed by atoms with Crippen LogP contribution >= 0.6 is 0 Å². The van der Waals surface area contributed by atoms with E-state index in [-0.39, 0.29) is 0 Å². The molecule has 11 aromatic rings. The molecule has 0 radical (unpaired) electrons. The molecule has 2 nitrogen and oxygen atoms in total. The van der Waals surface area contributed by atoms with Gasteiger partial charge in [-0.2, -0.15) is 0 Å².